The molecule has 106 valence electrons. The lowest BCUT2D eigenvalue weighted by Crippen LogP contribution is -2.18. The maximum atomic E-state index is 11.4. The molecule has 0 amide bonds. The van der Waals surface area contributed by atoms with E-state index in [2.05, 4.69) is 15.5 Å². The van der Waals surface area contributed by atoms with Crippen LogP contribution in [-0.2, 0) is 4.74 Å². The first-order chi connectivity index (χ1) is 9.72. The SMILES string of the molecule is CCOC(CNc1cn[nH]c(=O)c1Cl)c1ccccc1. The zero-order chi connectivity index (χ0) is 14.4. The third-order valence-corrected chi connectivity index (χ3v) is 3.19. The average Bonchev–Trinajstić information content (AvgIpc) is 2.48. The van der Waals surface area contributed by atoms with Crippen molar-refractivity contribution >= 4 is 17.3 Å². The Labute approximate surface area is 121 Å². The van der Waals surface area contributed by atoms with Gasteiger partial charge in [0.25, 0.3) is 5.56 Å². The van der Waals surface area contributed by atoms with Crippen LogP contribution >= 0.6 is 11.6 Å². The predicted molar refractivity (Wildman–Crippen MR) is 79.2 cm³/mol. The number of ether oxygens (including phenoxy) is 1. The van der Waals surface area contributed by atoms with E-state index in [-0.39, 0.29) is 11.1 Å². The first-order valence-electron chi connectivity index (χ1n) is 6.36. The second-order valence-electron chi connectivity index (χ2n) is 4.16. The summed E-state index contributed by atoms with van der Waals surface area (Å²) in [7, 11) is 0. The largest absolute Gasteiger partial charge is 0.379 e. The van der Waals surface area contributed by atoms with E-state index in [0.29, 0.717) is 18.8 Å². The molecule has 2 N–H and O–H groups in total. The summed E-state index contributed by atoms with van der Waals surface area (Å²) in [5, 5.41) is 9.19. The zero-order valence-corrected chi connectivity index (χ0v) is 11.9. The van der Waals surface area contributed by atoms with E-state index < -0.39 is 5.56 Å². The third-order valence-electron chi connectivity index (χ3n) is 2.81. The number of H-pyrrole nitrogens is 1. The molecular formula is C14H16ClN3O2. The van der Waals surface area contributed by atoms with E-state index in [9.17, 15) is 4.79 Å². The summed E-state index contributed by atoms with van der Waals surface area (Å²) in [4.78, 5) is 11.4. The molecule has 0 saturated carbocycles. The quantitative estimate of drug-likeness (QED) is 0.859. The fraction of sp³-hybridized carbons (Fsp3) is 0.286. The molecule has 20 heavy (non-hydrogen) atoms. The highest BCUT2D eigenvalue weighted by atomic mass is 35.5. The molecule has 1 aromatic carbocycles. The number of nitrogens with zero attached hydrogens (tertiary/aromatic N) is 1. The van der Waals surface area contributed by atoms with Crippen LogP contribution < -0.4 is 10.9 Å². The first-order valence-corrected chi connectivity index (χ1v) is 6.73. The van der Waals surface area contributed by atoms with E-state index in [4.69, 9.17) is 16.3 Å². The summed E-state index contributed by atoms with van der Waals surface area (Å²) >= 11 is 5.91. The van der Waals surface area contributed by atoms with Gasteiger partial charge in [-0.1, -0.05) is 41.9 Å². The van der Waals surface area contributed by atoms with Gasteiger partial charge >= 0.3 is 0 Å². The molecule has 0 aliphatic carbocycles. The lowest BCUT2D eigenvalue weighted by Gasteiger charge is -2.18. The van der Waals surface area contributed by atoms with Crippen LogP contribution in [-0.4, -0.2) is 23.3 Å². The van der Waals surface area contributed by atoms with Crippen molar-refractivity contribution in [1.29, 1.82) is 0 Å². The van der Waals surface area contributed by atoms with Gasteiger partial charge in [0.05, 0.1) is 18.0 Å². The van der Waals surface area contributed by atoms with E-state index in [1.54, 1.807) is 0 Å². The van der Waals surface area contributed by atoms with Crippen LogP contribution in [0, 0.1) is 0 Å². The van der Waals surface area contributed by atoms with E-state index in [0.717, 1.165) is 5.56 Å². The van der Waals surface area contributed by atoms with Gasteiger partial charge in [-0.25, -0.2) is 5.10 Å². The molecule has 0 spiro atoms. The molecule has 0 aliphatic rings. The molecule has 0 aliphatic heterocycles. The summed E-state index contributed by atoms with van der Waals surface area (Å²) in [6.45, 7) is 3.04. The van der Waals surface area contributed by atoms with Crippen molar-refractivity contribution in [2.75, 3.05) is 18.5 Å². The lowest BCUT2D eigenvalue weighted by molar-refractivity contribution is 0.0719. The number of aromatic amines is 1. The fourth-order valence-corrected chi connectivity index (χ4v) is 2.01. The van der Waals surface area contributed by atoms with Gasteiger partial charge < -0.3 is 10.1 Å². The highest BCUT2D eigenvalue weighted by Crippen LogP contribution is 2.20. The minimum Gasteiger partial charge on any atom is -0.379 e. The van der Waals surface area contributed by atoms with Crippen molar-refractivity contribution in [2.24, 2.45) is 0 Å². The number of hydrogen-bond donors (Lipinski definition) is 2. The summed E-state index contributed by atoms with van der Waals surface area (Å²) in [6.07, 6.45) is 1.37. The van der Waals surface area contributed by atoms with Gasteiger partial charge in [-0.2, -0.15) is 5.10 Å². The van der Waals surface area contributed by atoms with Gasteiger partial charge in [-0.3, -0.25) is 4.79 Å². The molecule has 1 aromatic heterocycles. The van der Waals surface area contributed by atoms with Crippen LogP contribution in [0.15, 0.2) is 41.3 Å². The molecule has 0 saturated heterocycles. The van der Waals surface area contributed by atoms with E-state index in [1.165, 1.54) is 6.20 Å². The van der Waals surface area contributed by atoms with E-state index in [1.807, 2.05) is 37.3 Å². The Bertz CT molecular complexity index is 601. The second kappa shape index (κ2) is 7.07. The minimum absolute atomic E-state index is 0.100. The van der Waals surface area contributed by atoms with Crippen LogP contribution in [0.1, 0.15) is 18.6 Å². The Morgan fingerprint density at radius 2 is 2.15 bits per heavy atom. The fourth-order valence-electron chi connectivity index (χ4n) is 1.85. The number of anilines is 1. The van der Waals surface area contributed by atoms with Crippen LogP contribution in [0.5, 0.6) is 0 Å². The highest BCUT2D eigenvalue weighted by Gasteiger charge is 2.12. The number of benzene rings is 1. The topological polar surface area (TPSA) is 67.0 Å². The molecule has 0 fully saturated rings. The first kappa shape index (κ1) is 14.6. The molecule has 1 unspecified atom stereocenters. The zero-order valence-electron chi connectivity index (χ0n) is 11.1. The highest BCUT2D eigenvalue weighted by molar-refractivity contribution is 6.32. The standard InChI is InChI=1S/C14H16ClN3O2/c1-2-20-12(10-6-4-3-5-7-10)9-16-11-8-17-18-14(19)13(11)15/h3-8,12H,2,9H2,1H3,(H2,16,18,19). The number of aromatic nitrogens is 2. The monoisotopic (exact) mass is 293 g/mol. The van der Waals surface area contributed by atoms with Gasteiger partial charge in [0.2, 0.25) is 0 Å². The summed E-state index contributed by atoms with van der Waals surface area (Å²) in [5.74, 6) is 0. The Morgan fingerprint density at radius 1 is 1.40 bits per heavy atom. The summed E-state index contributed by atoms with van der Waals surface area (Å²) < 4.78 is 5.71. The van der Waals surface area contributed by atoms with Crippen molar-refractivity contribution in [2.45, 2.75) is 13.0 Å². The predicted octanol–water partition coefficient (Wildman–Crippen LogP) is 2.61. The molecule has 0 bridgehead atoms. The molecule has 2 rings (SSSR count). The maximum absolute atomic E-state index is 11.4. The number of nitrogens with one attached hydrogen (secondary N) is 2. The minimum atomic E-state index is -0.413. The Kier molecular flexibility index (Phi) is 5.15. The van der Waals surface area contributed by atoms with Gasteiger partial charge in [0.15, 0.2) is 0 Å². The molecule has 2 aromatic rings. The van der Waals surface area contributed by atoms with Crippen LogP contribution in [0.2, 0.25) is 5.02 Å². The summed E-state index contributed by atoms with van der Waals surface area (Å²) in [6, 6.07) is 9.88. The summed E-state index contributed by atoms with van der Waals surface area (Å²) in [5.41, 5.74) is 1.15. The van der Waals surface area contributed by atoms with Crippen molar-refractivity contribution in [1.82, 2.24) is 10.2 Å². The molecule has 1 atom stereocenters. The normalized spacial score (nSPS) is 12.1. The van der Waals surface area contributed by atoms with Crippen molar-refractivity contribution in [3.8, 4) is 0 Å². The van der Waals surface area contributed by atoms with Gasteiger partial charge in [0.1, 0.15) is 5.02 Å². The van der Waals surface area contributed by atoms with Crippen molar-refractivity contribution in [3.63, 3.8) is 0 Å². The maximum Gasteiger partial charge on any atom is 0.285 e. The van der Waals surface area contributed by atoms with Crippen LogP contribution in [0.3, 0.4) is 0 Å². The van der Waals surface area contributed by atoms with Gasteiger partial charge in [-0.05, 0) is 12.5 Å². The molecule has 0 radical (unpaired) electrons. The smallest absolute Gasteiger partial charge is 0.285 e. The Balaban J connectivity index is 2.10. The second-order valence-corrected chi connectivity index (χ2v) is 4.54. The Hall–Kier alpha value is -1.85. The molecule has 6 heteroatoms. The van der Waals surface area contributed by atoms with Crippen LogP contribution in [0.4, 0.5) is 5.69 Å². The van der Waals surface area contributed by atoms with Gasteiger partial charge in [0, 0.05) is 13.2 Å². The van der Waals surface area contributed by atoms with Crippen molar-refractivity contribution in [3.05, 3.63) is 57.5 Å². The van der Waals surface area contributed by atoms with E-state index >= 15 is 0 Å². The van der Waals surface area contributed by atoms with Crippen LogP contribution in [0.25, 0.3) is 0 Å². The molecule has 5 nitrogen and oxygen atoms in total. The number of rotatable bonds is 6. The lowest BCUT2D eigenvalue weighted by atomic mass is 10.1. The molecule has 1 heterocycles. The number of halogens is 1. The average molecular weight is 294 g/mol. The van der Waals surface area contributed by atoms with Crippen molar-refractivity contribution < 1.29 is 4.74 Å². The Morgan fingerprint density at radius 3 is 2.85 bits per heavy atom. The molecular weight excluding hydrogens is 278 g/mol. The van der Waals surface area contributed by atoms with Gasteiger partial charge in [-0.15, -0.1) is 0 Å². The number of hydrogen-bond acceptors (Lipinski definition) is 4. The third kappa shape index (κ3) is 3.59.